The van der Waals surface area contributed by atoms with Crippen molar-refractivity contribution in [2.75, 3.05) is 19.3 Å². The van der Waals surface area contributed by atoms with Crippen LogP contribution in [-0.2, 0) is 14.8 Å². The van der Waals surface area contributed by atoms with Gasteiger partial charge >= 0.3 is 0 Å². The molecule has 0 aromatic carbocycles. The summed E-state index contributed by atoms with van der Waals surface area (Å²) in [6.45, 7) is 0.555. The quantitative estimate of drug-likeness (QED) is 0.588. The number of rotatable bonds is 4. The summed E-state index contributed by atoms with van der Waals surface area (Å²) in [6.07, 6.45) is 0.478. The molecule has 1 heterocycles. The van der Waals surface area contributed by atoms with Crippen LogP contribution in [0.2, 0.25) is 0 Å². The maximum Gasteiger partial charge on any atom is 0.240 e. The predicted molar refractivity (Wildman–Crippen MR) is 59.7 cm³/mol. The molecular formula is C7H13N3O3S2. The van der Waals surface area contributed by atoms with Crippen molar-refractivity contribution in [3.8, 4) is 0 Å². The summed E-state index contributed by atoms with van der Waals surface area (Å²) in [5, 5.41) is 0. The van der Waals surface area contributed by atoms with Crippen LogP contribution < -0.4 is 10.5 Å². The molecule has 0 saturated carbocycles. The van der Waals surface area contributed by atoms with Crippen LogP contribution in [0.1, 0.15) is 6.42 Å². The molecule has 0 aromatic rings. The lowest BCUT2D eigenvalue weighted by molar-refractivity contribution is -0.127. The summed E-state index contributed by atoms with van der Waals surface area (Å²) >= 11 is 4.50. The Kier molecular flexibility index (Phi) is 3.63. The number of carbonyl (C=O) groups is 1. The monoisotopic (exact) mass is 251 g/mol. The van der Waals surface area contributed by atoms with Crippen molar-refractivity contribution in [3.05, 3.63) is 0 Å². The number of nitrogens with one attached hydrogen (secondary N) is 1. The van der Waals surface area contributed by atoms with E-state index in [0.717, 1.165) is 0 Å². The van der Waals surface area contributed by atoms with Crippen LogP contribution in [0.25, 0.3) is 0 Å². The fourth-order valence-corrected chi connectivity index (χ4v) is 2.95. The third kappa shape index (κ3) is 3.40. The normalized spacial score (nSPS) is 22.1. The van der Waals surface area contributed by atoms with Gasteiger partial charge in [-0.15, -0.1) is 0 Å². The van der Waals surface area contributed by atoms with E-state index in [4.69, 9.17) is 5.73 Å². The van der Waals surface area contributed by atoms with Gasteiger partial charge in [-0.05, 0) is 6.42 Å². The molecule has 15 heavy (non-hydrogen) atoms. The number of thiocarbonyl (C=S) groups is 1. The maximum absolute atomic E-state index is 11.4. The number of sulfonamides is 1. The molecule has 1 atom stereocenters. The summed E-state index contributed by atoms with van der Waals surface area (Å²) in [5.74, 6) is -0.642. The highest BCUT2D eigenvalue weighted by Crippen LogP contribution is 2.09. The van der Waals surface area contributed by atoms with Crippen molar-refractivity contribution in [3.63, 3.8) is 0 Å². The first-order valence-corrected chi connectivity index (χ1v) is 6.41. The molecule has 3 N–H and O–H groups in total. The van der Waals surface area contributed by atoms with Gasteiger partial charge in [0.2, 0.25) is 15.9 Å². The first-order chi connectivity index (χ1) is 6.82. The van der Waals surface area contributed by atoms with E-state index in [1.54, 1.807) is 7.05 Å². The predicted octanol–water partition coefficient (Wildman–Crippen LogP) is -1.58. The van der Waals surface area contributed by atoms with Crippen LogP contribution in [0, 0.1) is 0 Å². The van der Waals surface area contributed by atoms with Gasteiger partial charge in [-0.25, -0.2) is 13.1 Å². The van der Waals surface area contributed by atoms with E-state index in [-0.39, 0.29) is 10.9 Å². The lowest BCUT2D eigenvalue weighted by atomic mass is 10.3. The molecule has 1 amide bonds. The van der Waals surface area contributed by atoms with E-state index in [1.165, 1.54) is 4.90 Å². The van der Waals surface area contributed by atoms with Gasteiger partial charge in [0.1, 0.15) is 11.8 Å². The summed E-state index contributed by atoms with van der Waals surface area (Å²) in [4.78, 5) is 12.8. The minimum atomic E-state index is -3.58. The molecular weight excluding hydrogens is 238 g/mol. The van der Waals surface area contributed by atoms with Crippen molar-refractivity contribution in [1.82, 2.24) is 9.62 Å². The number of hydrogen-bond donors (Lipinski definition) is 2. The number of amides is 1. The molecule has 0 aliphatic carbocycles. The van der Waals surface area contributed by atoms with Gasteiger partial charge in [0.05, 0.1) is 4.99 Å². The highest BCUT2D eigenvalue weighted by atomic mass is 32.2. The highest BCUT2D eigenvalue weighted by molar-refractivity contribution is 7.92. The van der Waals surface area contributed by atoms with Crippen LogP contribution in [-0.4, -0.2) is 49.6 Å². The Morgan fingerprint density at radius 3 is 2.73 bits per heavy atom. The molecule has 6 nitrogen and oxygen atoms in total. The fourth-order valence-electron chi connectivity index (χ4n) is 1.38. The lowest BCUT2D eigenvalue weighted by Gasteiger charge is -2.12. The van der Waals surface area contributed by atoms with Gasteiger partial charge in [-0.2, -0.15) is 0 Å². The smallest absolute Gasteiger partial charge is 0.240 e. The average Bonchev–Trinajstić information content (AvgIpc) is 2.33. The SMILES string of the molecule is CN1CCC(NS(=O)(=O)CC(N)=S)C1=O. The van der Waals surface area contributed by atoms with Crippen molar-refractivity contribution in [1.29, 1.82) is 0 Å². The second-order valence-electron chi connectivity index (χ2n) is 3.44. The third-order valence-corrected chi connectivity index (χ3v) is 3.74. The topological polar surface area (TPSA) is 92.5 Å². The Morgan fingerprint density at radius 2 is 2.33 bits per heavy atom. The molecule has 1 aliphatic rings. The Balaban J connectivity index is 2.63. The number of likely N-dealkylation sites (tertiary alicyclic amines) is 1. The maximum atomic E-state index is 11.4. The highest BCUT2D eigenvalue weighted by Gasteiger charge is 2.32. The van der Waals surface area contributed by atoms with E-state index in [1.807, 2.05) is 0 Å². The average molecular weight is 251 g/mol. The van der Waals surface area contributed by atoms with Crippen LogP contribution in [0.5, 0.6) is 0 Å². The van der Waals surface area contributed by atoms with Crippen molar-refractivity contribution >= 4 is 33.1 Å². The van der Waals surface area contributed by atoms with Gasteiger partial charge in [0, 0.05) is 13.6 Å². The Morgan fingerprint density at radius 1 is 1.73 bits per heavy atom. The van der Waals surface area contributed by atoms with Gasteiger partial charge < -0.3 is 10.6 Å². The number of hydrogen-bond acceptors (Lipinski definition) is 4. The minimum absolute atomic E-state index is 0.110. The van der Waals surface area contributed by atoms with Crippen LogP contribution in [0.4, 0.5) is 0 Å². The lowest BCUT2D eigenvalue weighted by Crippen LogP contribution is -2.43. The molecule has 86 valence electrons. The van der Waals surface area contributed by atoms with E-state index in [9.17, 15) is 13.2 Å². The Labute approximate surface area is 93.9 Å². The third-order valence-electron chi connectivity index (χ3n) is 2.08. The molecule has 0 spiro atoms. The number of carbonyl (C=O) groups excluding carboxylic acids is 1. The van der Waals surface area contributed by atoms with E-state index >= 15 is 0 Å². The molecule has 1 aliphatic heterocycles. The largest absolute Gasteiger partial charge is 0.392 e. The molecule has 0 aromatic heterocycles. The molecule has 1 fully saturated rings. The zero-order valence-corrected chi connectivity index (χ0v) is 9.90. The van der Waals surface area contributed by atoms with E-state index in [2.05, 4.69) is 16.9 Å². The van der Waals surface area contributed by atoms with Crippen LogP contribution >= 0.6 is 12.2 Å². The number of nitrogens with zero attached hydrogens (tertiary/aromatic N) is 1. The summed E-state index contributed by atoms with van der Waals surface area (Å²) in [7, 11) is -1.96. The summed E-state index contributed by atoms with van der Waals surface area (Å²) < 4.78 is 25.1. The fraction of sp³-hybridized carbons (Fsp3) is 0.714. The number of likely N-dealkylation sites (N-methyl/N-ethyl adjacent to an activating group) is 1. The standard InChI is InChI=1S/C7H13N3O3S2/c1-10-3-2-5(7(10)11)9-15(12,13)4-6(8)14/h5,9H,2-4H2,1H3,(H2,8,14). The number of nitrogens with two attached hydrogens (primary N) is 1. The van der Waals surface area contributed by atoms with Gasteiger partial charge in [-0.3, -0.25) is 4.79 Å². The van der Waals surface area contributed by atoms with Crippen LogP contribution in [0.15, 0.2) is 0 Å². The van der Waals surface area contributed by atoms with Crippen molar-refractivity contribution in [2.45, 2.75) is 12.5 Å². The zero-order valence-electron chi connectivity index (χ0n) is 8.26. The molecule has 8 heteroatoms. The van der Waals surface area contributed by atoms with Gasteiger partial charge in [-0.1, -0.05) is 12.2 Å². The first kappa shape index (κ1) is 12.3. The Bertz CT molecular complexity index is 379. The van der Waals surface area contributed by atoms with Crippen LogP contribution in [0.3, 0.4) is 0 Å². The minimum Gasteiger partial charge on any atom is -0.392 e. The van der Waals surface area contributed by atoms with Gasteiger partial charge in [0.25, 0.3) is 0 Å². The molecule has 0 bridgehead atoms. The summed E-state index contributed by atoms with van der Waals surface area (Å²) in [5.41, 5.74) is 5.13. The second-order valence-corrected chi connectivity index (χ2v) is 5.72. The van der Waals surface area contributed by atoms with Gasteiger partial charge in [0.15, 0.2) is 0 Å². The first-order valence-electron chi connectivity index (χ1n) is 4.35. The molecule has 1 saturated heterocycles. The molecule has 0 radical (unpaired) electrons. The van der Waals surface area contributed by atoms with E-state index in [0.29, 0.717) is 13.0 Å². The van der Waals surface area contributed by atoms with E-state index < -0.39 is 21.8 Å². The van der Waals surface area contributed by atoms with Crippen molar-refractivity contribution < 1.29 is 13.2 Å². The second kappa shape index (κ2) is 4.42. The Hall–Kier alpha value is -0.730. The van der Waals surface area contributed by atoms with Crippen molar-refractivity contribution in [2.24, 2.45) is 5.73 Å². The summed E-state index contributed by atoms with van der Waals surface area (Å²) in [6, 6.07) is -0.672. The molecule has 1 unspecified atom stereocenters. The molecule has 1 rings (SSSR count). The zero-order chi connectivity index (χ0) is 11.6.